The number of benzene rings is 3. The van der Waals surface area contributed by atoms with Crippen LogP contribution in [0.15, 0.2) is 60.7 Å². The Hall–Kier alpha value is -2.58. The highest BCUT2D eigenvalue weighted by Gasteiger charge is 2.23. The topological polar surface area (TPSA) is 7.68 Å². The minimum Gasteiger partial charge on any atom is -0.360 e. The van der Waals surface area contributed by atoms with Crippen LogP contribution in [-0.2, 0) is 13.0 Å². The maximum Gasteiger partial charge on any atom is 0.103 e. The van der Waals surface area contributed by atoms with Gasteiger partial charge in [-0.1, -0.05) is 48.5 Å². The molecule has 2 nitrogen and oxygen atoms in total. The average molecular weight is 370 g/mol. The van der Waals surface area contributed by atoms with E-state index in [1.807, 2.05) is 0 Å². The molecule has 0 aromatic heterocycles. The van der Waals surface area contributed by atoms with E-state index in [0.29, 0.717) is 0 Å². The highest BCUT2D eigenvalue weighted by atomic mass is 15.3. The quantitative estimate of drug-likeness (QED) is 0.577. The largest absolute Gasteiger partial charge is 0.360 e. The highest BCUT2D eigenvalue weighted by Crippen LogP contribution is 2.36. The molecule has 3 aromatic rings. The Labute approximate surface area is 168 Å². The Morgan fingerprint density at radius 1 is 0.821 bits per heavy atom. The lowest BCUT2D eigenvalue weighted by Gasteiger charge is -2.34. The summed E-state index contributed by atoms with van der Waals surface area (Å²) in [5.74, 6) is 0. The average Bonchev–Trinajstić information content (AvgIpc) is 3.08. The van der Waals surface area contributed by atoms with E-state index in [1.165, 1.54) is 57.7 Å². The van der Waals surface area contributed by atoms with Gasteiger partial charge in [0.25, 0.3) is 0 Å². The molecule has 0 amide bonds. The molecule has 0 saturated carbocycles. The second-order valence-electron chi connectivity index (χ2n) is 8.53. The number of piperazine rings is 1. The SMILES string of the molecule is Cc1ccc(C)c(N2CC[NH+](Cc3ccc4c(c3)Cc3ccccc3-4)CC2)c1. The molecule has 0 bridgehead atoms. The van der Waals surface area contributed by atoms with Gasteiger partial charge in [0.05, 0.1) is 26.2 Å². The van der Waals surface area contributed by atoms with E-state index in [1.54, 1.807) is 4.90 Å². The van der Waals surface area contributed by atoms with Crippen molar-refractivity contribution in [2.24, 2.45) is 0 Å². The normalized spacial score (nSPS) is 16.1. The summed E-state index contributed by atoms with van der Waals surface area (Å²) in [6.45, 7) is 10.3. The summed E-state index contributed by atoms with van der Waals surface area (Å²) < 4.78 is 0. The lowest BCUT2D eigenvalue weighted by Crippen LogP contribution is -3.13. The minimum atomic E-state index is 1.09. The summed E-state index contributed by atoms with van der Waals surface area (Å²) in [5.41, 5.74) is 11.5. The van der Waals surface area contributed by atoms with Crippen molar-refractivity contribution in [3.63, 3.8) is 0 Å². The Morgan fingerprint density at radius 3 is 2.46 bits per heavy atom. The van der Waals surface area contributed by atoms with Crippen LogP contribution in [0, 0.1) is 13.8 Å². The van der Waals surface area contributed by atoms with Crippen molar-refractivity contribution < 1.29 is 4.90 Å². The number of quaternary nitrogens is 1. The predicted molar refractivity (Wildman–Crippen MR) is 117 cm³/mol. The van der Waals surface area contributed by atoms with Crippen LogP contribution in [0.25, 0.3) is 11.1 Å². The molecule has 2 aliphatic rings. The fraction of sp³-hybridized carbons (Fsp3) is 0.308. The van der Waals surface area contributed by atoms with E-state index >= 15 is 0 Å². The second kappa shape index (κ2) is 7.10. The van der Waals surface area contributed by atoms with E-state index in [0.717, 1.165) is 26.1 Å². The number of anilines is 1. The summed E-state index contributed by atoms with van der Waals surface area (Å²) in [4.78, 5) is 4.28. The Morgan fingerprint density at radius 2 is 1.61 bits per heavy atom. The van der Waals surface area contributed by atoms with Crippen LogP contribution in [-0.4, -0.2) is 26.2 Å². The lowest BCUT2D eigenvalue weighted by molar-refractivity contribution is -0.914. The number of nitrogens with one attached hydrogen (secondary N) is 1. The molecule has 1 aliphatic heterocycles. The molecule has 1 fully saturated rings. The molecule has 28 heavy (non-hydrogen) atoms. The summed E-state index contributed by atoms with van der Waals surface area (Å²) in [6, 6.07) is 22.8. The standard InChI is InChI=1S/C26H28N2/c1-19-7-8-20(2)26(15-19)28-13-11-27(12-14-28)18-21-9-10-25-23(16-21)17-22-5-3-4-6-24(22)25/h3-10,15-16H,11-14,17-18H2,1-2H3/p+1. The van der Waals surface area contributed by atoms with E-state index < -0.39 is 0 Å². The fourth-order valence-corrected chi connectivity index (χ4v) is 4.90. The van der Waals surface area contributed by atoms with Crippen molar-refractivity contribution in [1.82, 2.24) is 0 Å². The maximum absolute atomic E-state index is 2.57. The third-order valence-electron chi connectivity index (χ3n) is 6.49. The highest BCUT2D eigenvalue weighted by molar-refractivity contribution is 5.76. The molecular weight excluding hydrogens is 340 g/mol. The van der Waals surface area contributed by atoms with Crippen molar-refractivity contribution in [1.29, 1.82) is 0 Å². The summed E-state index contributed by atoms with van der Waals surface area (Å²) in [6.07, 6.45) is 1.09. The number of hydrogen-bond donors (Lipinski definition) is 1. The Bertz CT molecular complexity index is 1010. The molecular formula is C26H29N2+. The number of hydrogen-bond acceptors (Lipinski definition) is 1. The van der Waals surface area contributed by atoms with Gasteiger partial charge in [-0.2, -0.15) is 0 Å². The summed E-state index contributed by atoms with van der Waals surface area (Å²) in [7, 11) is 0. The van der Waals surface area contributed by atoms with Gasteiger partial charge in [0.1, 0.15) is 6.54 Å². The molecule has 0 atom stereocenters. The minimum absolute atomic E-state index is 1.09. The lowest BCUT2D eigenvalue weighted by atomic mass is 10.0. The number of fused-ring (bicyclic) bond motifs is 3. The van der Waals surface area contributed by atoms with E-state index in [-0.39, 0.29) is 0 Å². The fourth-order valence-electron chi connectivity index (χ4n) is 4.90. The van der Waals surface area contributed by atoms with Crippen LogP contribution in [0.3, 0.4) is 0 Å². The molecule has 0 radical (unpaired) electrons. The van der Waals surface area contributed by atoms with Crippen molar-refractivity contribution in [2.45, 2.75) is 26.8 Å². The van der Waals surface area contributed by atoms with Crippen LogP contribution >= 0.6 is 0 Å². The first-order chi connectivity index (χ1) is 13.7. The van der Waals surface area contributed by atoms with Crippen molar-refractivity contribution in [2.75, 3.05) is 31.1 Å². The molecule has 0 unspecified atom stereocenters. The third kappa shape index (κ3) is 3.22. The van der Waals surface area contributed by atoms with E-state index in [4.69, 9.17) is 0 Å². The zero-order valence-electron chi connectivity index (χ0n) is 17.0. The molecule has 0 spiro atoms. The molecule has 3 aromatic carbocycles. The molecule has 1 aliphatic carbocycles. The van der Waals surface area contributed by atoms with Crippen LogP contribution in [0.2, 0.25) is 0 Å². The van der Waals surface area contributed by atoms with Crippen LogP contribution in [0.4, 0.5) is 5.69 Å². The number of nitrogens with zero attached hydrogens (tertiary/aromatic N) is 1. The molecule has 142 valence electrons. The van der Waals surface area contributed by atoms with Gasteiger partial charge in [0.15, 0.2) is 0 Å². The van der Waals surface area contributed by atoms with Gasteiger partial charge in [-0.3, -0.25) is 0 Å². The first-order valence-corrected chi connectivity index (χ1v) is 10.5. The molecule has 2 heteroatoms. The maximum atomic E-state index is 2.57. The zero-order valence-corrected chi connectivity index (χ0v) is 17.0. The monoisotopic (exact) mass is 369 g/mol. The van der Waals surface area contributed by atoms with Gasteiger partial charge in [0, 0.05) is 11.3 Å². The summed E-state index contributed by atoms with van der Waals surface area (Å²) in [5, 5.41) is 0. The van der Waals surface area contributed by atoms with Crippen LogP contribution in [0.5, 0.6) is 0 Å². The van der Waals surface area contributed by atoms with Gasteiger partial charge in [-0.05, 0) is 65.8 Å². The Kier molecular flexibility index (Phi) is 4.44. The van der Waals surface area contributed by atoms with Crippen molar-refractivity contribution in [3.8, 4) is 11.1 Å². The van der Waals surface area contributed by atoms with E-state index in [9.17, 15) is 0 Å². The second-order valence-corrected chi connectivity index (χ2v) is 8.53. The van der Waals surface area contributed by atoms with Gasteiger partial charge < -0.3 is 9.80 Å². The first kappa shape index (κ1) is 17.5. The zero-order chi connectivity index (χ0) is 19.1. The summed E-state index contributed by atoms with van der Waals surface area (Å²) >= 11 is 0. The molecule has 1 heterocycles. The van der Waals surface area contributed by atoms with Crippen LogP contribution < -0.4 is 9.80 Å². The molecule has 5 rings (SSSR count). The number of rotatable bonds is 3. The third-order valence-corrected chi connectivity index (χ3v) is 6.49. The molecule has 1 saturated heterocycles. The Balaban J connectivity index is 1.25. The van der Waals surface area contributed by atoms with Gasteiger partial charge in [0.2, 0.25) is 0 Å². The van der Waals surface area contributed by atoms with Gasteiger partial charge in [-0.25, -0.2) is 0 Å². The smallest absolute Gasteiger partial charge is 0.103 e. The van der Waals surface area contributed by atoms with E-state index in [2.05, 4.69) is 79.4 Å². The molecule has 1 N–H and O–H groups in total. The van der Waals surface area contributed by atoms with Crippen LogP contribution in [0.1, 0.15) is 27.8 Å². The van der Waals surface area contributed by atoms with Crippen molar-refractivity contribution in [3.05, 3.63) is 88.5 Å². The number of aryl methyl sites for hydroxylation is 2. The first-order valence-electron chi connectivity index (χ1n) is 10.5. The predicted octanol–water partition coefficient (Wildman–Crippen LogP) is 3.78. The van der Waals surface area contributed by atoms with Gasteiger partial charge >= 0.3 is 0 Å². The van der Waals surface area contributed by atoms with Gasteiger partial charge in [-0.15, -0.1) is 0 Å². The van der Waals surface area contributed by atoms with Crippen molar-refractivity contribution >= 4 is 5.69 Å².